The average Bonchev–Trinajstić information content (AvgIpc) is 2.44. The molecule has 0 fully saturated rings. The molecule has 1 aromatic carbocycles. The number of esters is 1. The second kappa shape index (κ2) is 7.45. The number of nitrogens with zero attached hydrogens (tertiary/aromatic N) is 1. The summed E-state index contributed by atoms with van der Waals surface area (Å²) in [5, 5.41) is 10.9. The SMILES string of the molecule is CCOC(=O)C(C#N)NC(=O)Cc1cccc(C(F)(F)F)c1. The quantitative estimate of drug-likeness (QED) is 0.841. The Kier molecular flexibility index (Phi) is 5.92. The van der Waals surface area contributed by atoms with E-state index in [1.807, 2.05) is 0 Å². The lowest BCUT2D eigenvalue weighted by molar-refractivity contribution is -0.145. The second-order valence-corrected chi connectivity index (χ2v) is 4.26. The van der Waals surface area contributed by atoms with Crippen LogP contribution >= 0.6 is 0 Å². The largest absolute Gasteiger partial charge is 0.464 e. The maximum Gasteiger partial charge on any atom is 0.416 e. The third kappa shape index (κ3) is 5.09. The van der Waals surface area contributed by atoms with Gasteiger partial charge in [-0.25, -0.2) is 4.79 Å². The number of benzene rings is 1. The summed E-state index contributed by atoms with van der Waals surface area (Å²) in [5.41, 5.74) is -0.757. The number of hydrogen-bond acceptors (Lipinski definition) is 4. The first-order valence-corrected chi connectivity index (χ1v) is 6.29. The highest BCUT2D eigenvalue weighted by Crippen LogP contribution is 2.29. The molecule has 1 N–H and O–H groups in total. The van der Waals surface area contributed by atoms with Crippen molar-refractivity contribution in [3.8, 4) is 6.07 Å². The first kappa shape index (κ1) is 17.5. The van der Waals surface area contributed by atoms with E-state index < -0.39 is 29.7 Å². The number of amides is 1. The van der Waals surface area contributed by atoms with Crippen molar-refractivity contribution in [1.29, 1.82) is 5.26 Å². The van der Waals surface area contributed by atoms with E-state index in [4.69, 9.17) is 5.26 Å². The van der Waals surface area contributed by atoms with Gasteiger partial charge in [0.25, 0.3) is 0 Å². The van der Waals surface area contributed by atoms with Gasteiger partial charge in [-0.05, 0) is 18.6 Å². The summed E-state index contributed by atoms with van der Waals surface area (Å²) in [5.74, 6) is -1.67. The first-order valence-electron chi connectivity index (χ1n) is 6.29. The van der Waals surface area contributed by atoms with Crippen LogP contribution in [0.3, 0.4) is 0 Å². The summed E-state index contributed by atoms with van der Waals surface area (Å²) in [4.78, 5) is 23.0. The van der Waals surface area contributed by atoms with Gasteiger partial charge in [0.15, 0.2) is 0 Å². The number of nitrogens with one attached hydrogen (secondary N) is 1. The number of nitriles is 1. The molecule has 0 aliphatic carbocycles. The van der Waals surface area contributed by atoms with E-state index in [1.54, 1.807) is 6.07 Å². The van der Waals surface area contributed by atoms with Gasteiger partial charge in [-0.1, -0.05) is 18.2 Å². The molecule has 118 valence electrons. The highest BCUT2D eigenvalue weighted by Gasteiger charge is 2.30. The molecule has 0 aromatic heterocycles. The van der Waals surface area contributed by atoms with Crippen LogP contribution in [0.1, 0.15) is 18.1 Å². The van der Waals surface area contributed by atoms with Gasteiger partial charge in [-0.3, -0.25) is 4.79 Å². The lowest BCUT2D eigenvalue weighted by atomic mass is 10.1. The Morgan fingerprint density at radius 2 is 2.09 bits per heavy atom. The zero-order valence-corrected chi connectivity index (χ0v) is 11.6. The first-order chi connectivity index (χ1) is 10.3. The Morgan fingerprint density at radius 1 is 1.41 bits per heavy atom. The van der Waals surface area contributed by atoms with Gasteiger partial charge in [-0.15, -0.1) is 0 Å². The van der Waals surface area contributed by atoms with Crippen molar-refractivity contribution in [2.24, 2.45) is 0 Å². The molecular weight excluding hydrogens is 301 g/mol. The van der Waals surface area contributed by atoms with Crippen molar-refractivity contribution >= 4 is 11.9 Å². The maximum atomic E-state index is 12.6. The molecule has 0 bridgehead atoms. The highest BCUT2D eigenvalue weighted by atomic mass is 19.4. The Balaban J connectivity index is 2.73. The predicted octanol–water partition coefficient (Wildman–Crippen LogP) is 1.82. The number of carbonyl (C=O) groups is 2. The molecule has 1 aromatic rings. The van der Waals surface area contributed by atoms with Crippen LogP contribution in [0.4, 0.5) is 13.2 Å². The minimum absolute atomic E-state index is 0.0422. The van der Waals surface area contributed by atoms with E-state index in [2.05, 4.69) is 10.1 Å². The van der Waals surface area contributed by atoms with Gasteiger partial charge >= 0.3 is 12.1 Å². The van der Waals surface area contributed by atoms with Crippen LogP contribution in [0, 0.1) is 11.3 Å². The predicted molar refractivity (Wildman–Crippen MR) is 69.3 cm³/mol. The smallest absolute Gasteiger partial charge is 0.416 e. The molecule has 1 atom stereocenters. The van der Waals surface area contributed by atoms with Crippen molar-refractivity contribution in [2.75, 3.05) is 6.61 Å². The molecule has 8 heteroatoms. The molecule has 0 radical (unpaired) electrons. The van der Waals surface area contributed by atoms with Crippen LogP contribution in [0.25, 0.3) is 0 Å². The summed E-state index contributed by atoms with van der Waals surface area (Å²) in [7, 11) is 0. The lowest BCUT2D eigenvalue weighted by Gasteiger charge is -2.11. The Hall–Kier alpha value is -2.56. The zero-order chi connectivity index (χ0) is 16.8. The Morgan fingerprint density at radius 3 is 2.64 bits per heavy atom. The Labute approximate surface area is 124 Å². The number of alkyl halides is 3. The summed E-state index contributed by atoms with van der Waals surface area (Å²) < 4.78 is 42.3. The zero-order valence-electron chi connectivity index (χ0n) is 11.6. The van der Waals surface area contributed by atoms with Crippen molar-refractivity contribution in [2.45, 2.75) is 25.6 Å². The molecule has 0 saturated heterocycles. The fraction of sp³-hybridized carbons (Fsp3) is 0.357. The van der Waals surface area contributed by atoms with Gasteiger partial charge in [0.1, 0.15) is 0 Å². The number of halogens is 3. The summed E-state index contributed by atoms with van der Waals surface area (Å²) >= 11 is 0. The van der Waals surface area contributed by atoms with E-state index in [0.717, 1.165) is 12.1 Å². The van der Waals surface area contributed by atoms with Crippen LogP contribution in [0.5, 0.6) is 0 Å². The second-order valence-electron chi connectivity index (χ2n) is 4.26. The topological polar surface area (TPSA) is 79.2 Å². The molecular formula is C14H13F3N2O3. The van der Waals surface area contributed by atoms with E-state index >= 15 is 0 Å². The van der Waals surface area contributed by atoms with Crippen LogP contribution in [-0.2, 0) is 26.9 Å². The molecule has 1 amide bonds. The van der Waals surface area contributed by atoms with Crippen molar-refractivity contribution in [3.05, 3.63) is 35.4 Å². The van der Waals surface area contributed by atoms with Gasteiger partial charge in [0.2, 0.25) is 11.9 Å². The number of carbonyl (C=O) groups excluding carboxylic acids is 2. The van der Waals surface area contributed by atoms with Gasteiger partial charge in [0, 0.05) is 0 Å². The van der Waals surface area contributed by atoms with E-state index in [9.17, 15) is 22.8 Å². The molecule has 1 unspecified atom stereocenters. The van der Waals surface area contributed by atoms with Crippen molar-refractivity contribution in [3.63, 3.8) is 0 Å². The minimum atomic E-state index is -4.51. The number of hydrogen-bond donors (Lipinski definition) is 1. The van der Waals surface area contributed by atoms with Crippen LogP contribution in [-0.4, -0.2) is 24.5 Å². The third-order valence-electron chi connectivity index (χ3n) is 2.58. The standard InChI is InChI=1S/C14H13F3N2O3/c1-2-22-13(21)11(8-18)19-12(20)7-9-4-3-5-10(6-9)14(15,16)17/h3-6,11H,2,7H2,1H3,(H,19,20). The molecule has 5 nitrogen and oxygen atoms in total. The third-order valence-corrected chi connectivity index (χ3v) is 2.58. The molecule has 0 aliphatic rings. The fourth-order valence-corrected chi connectivity index (χ4v) is 1.62. The van der Waals surface area contributed by atoms with E-state index in [1.165, 1.54) is 19.1 Å². The normalized spacial score (nSPS) is 12.1. The van der Waals surface area contributed by atoms with Crippen molar-refractivity contribution in [1.82, 2.24) is 5.32 Å². The monoisotopic (exact) mass is 314 g/mol. The average molecular weight is 314 g/mol. The Bertz CT molecular complexity index is 594. The molecule has 0 heterocycles. The van der Waals surface area contributed by atoms with Crippen molar-refractivity contribution < 1.29 is 27.5 Å². The van der Waals surface area contributed by atoms with Gasteiger partial charge in [0.05, 0.1) is 24.7 Å². The lowest BCUT2D eigenvalue weighted by Crippen LogP contribution is -2.41. The van der Waals surface area contributed by atoms with E-state index in [0.29, 0.717) is 0 Å². The van der Waals surface area contributed by atoms with Crippen LogP contribution in [0.2, 0.25) is 0 Å². The summed E-state index contributed by atoms with van der Waals surface area (Å²) in [6, 6.07) is 4.32. The summed E-state index contributed by atoms with van der Waals surface area (Å²) in [6.07, 6.45) is -4.89. The number of rotatable bonds is 5. The molecule has 1 rings (SSSR count). The van der Waals surface area contributed by atoms with Crippen LogP contribution in [0.15, 0.2) is 24.3 Å². The molecule has 0 spiro atoms. The molecule has 22 heavy (non-hydrogen) atoms. The molecule has 0 aliphatic heterocycles. The summed E-state index contributed by atoms with van der Waals surface area (Å²) in [6.45, 7) is 1.58. The maximum absolute atomic E-state index is 12.6. The highest BCUT2D eigenvalue weighted by molar-refractivity contribution is 5.87. The minimum Gasteiger partial charge on any atom is -0.464 e. The van der Waals surface area contributed by atoms with Gasteiger partial charge < -0.3 is 10.1 Å². The fourth-order valence-electron chi connectivity index (χ4n) is 1.62. The van der Waals surface area contributed by atoms with Crippen LogP contribution < -0.4 is 5.32 Å². The van der Waals surface area contributed by atoms with E-state index in [-0.39, 0.29) is 18.6 Å². The number of ether oxygens (including phenoxy) is 1. The molecule has 0 saturated carbocycles. The van der Waals surface area contributed by atoms with Gasteiger partial charge in [-0.2, -0.15) is 18.4 Å².